The van der Waals surface area contributed by atoms with Gasteiger partial charge in [0.1, 0.15) is 22.3 Å². The monoisotopic (exact) mass is 557 g/mol. The lowest BCUT2D eigenvalue weighted by atomic mass is 9.95. The van der Waals surface area contributed by atoms with Gasteiger partial charge in [-0.3, -0.25) is 19.9 Å². The number of amides is 1. The van der Waals surface area contributed by atoms with E-state index in [-0.39, 0.29) is 31.6 Å². The van der Waals surface area contributed by atoms with Crippen molar-refractivity contribution in [1.82, 2.24) is 15.6 Å². The van der Waals surface area contributed by atoms with Crippen LogP contribution in [0.1, 0.15) is 34.5 Å². The van der Waals surface area contributed by atoms with Crippen LogP contribution in [0.15, 0.2) is 78.8 Å². The van der Waals surface area contributed by atoms with Gasteiger partial charge in [0.2, 0.25) is 0 Å². The first kappa shape index (κ1) is 27.4. The molecule has 1 aromatic heterocycles. The maximum Gasteiger partial charge on any atom is 0.305 e. The molecule has 1 aliphatic carbocycles. The van der Waals surface area contributed by atoms with Crippen molar-refractivity contribution in [3.8, 4) is 11.1 Å². The first-order valence-electron chi connectivity index (χ1n) is 11.7. The second-order valence-electron chi connectivity index (χ2n) is 8.69. The standard InChI is InChI=1S/C28H23Cl2F2N3O3/c29-20-3-1-2-17(12-20)22-8-10-28(30,14-24(22)32)35-16-19-4-6-21(31)13-23(19)18-5-7-25(34-15-18)27(38)33-11-9-26(36)37/h1-8,10,12-13,15,35H,9,11,14,16H2,(H,33,38)(H,36,37). The Bertz CT molecular complexity index is 1430. The van der Waals surface area contributed by atoms with Crippen LogP contribution >= 0.6 is 23.2 Å². The first-order valence-corrected chi connectivity index (χ1v) is 12.4. The van der Waals surface area contributed by atoms with E-state index in [1.165, 1.54) is 24.4 Å². The second kappa shape index (κ2) is 11.9. The highest BCUT2D eigenvalue weighted by Crippen LogP contribution is 2.37. The SMILES string of the molecule is O=C(O)CCNC(=O)c1ccc(-c2cc(F)ccc2CNC2(Cl)C=CC(c3cccc(Cl)c3)=C(F)C2)cn1. The molecule has 1 amide bonds. The molecule has 0 saturated heterocycles. The number of carbonyl (C=O) groups excluding carboxylic acids is 1. The fourth-order valence-corrected chi connectivity index (χ4v) is 4.43. The molecule has 0 bridgehead atoms. The van der Waals surface area contributed by atoms with Gasteiger partial charge in [-0.05, 0) is 53.1 Å². The molecule has 10 heteroatoms. The third kappa shape index (κ3) is 6.83. The molecular formula is C28H23Cl2F2N3O3. The number of hydrogen-bond donors (Lipinski definition) is 3. The maximum atomic E-state index is 15.0. The summed E-state index contributed by atoms with van der Waals surface area (Å²) in [6, 6.07) is 14.2. The number of nitrogens with zero attached hydrogens (tertiary/aromatic N) is 1. The molecule has 1 atom stereocenters. The van der Waals surface area contributed by atoms with Crippen LogP contribution in [0, 0.1) is 5.82 Å². The van der Waals surface area contributed by atoms with E-state index in [0.717, 1.165) is 0 Å². The number of carbonyl (C=O) groups is 2. The number of aromatic nitrogens is 1. The van der Waals surface area contributed by atoms with Gasteiger partial charge in [0.25, 0.3) is 5.91 Å². The average Bonchev–Trinajstić information content (AvgIpc) is 2.88. The van der Waals surface area contributed by atoms with E-state index in [9.17, 15) is 14.0 Å². The third-order valence-electron chi connectivity index (χ3n) is 5.93. The van der Waals surface area contributed by atoms with Crippen LogP contribution in [0.4, 0.5) is 8.78 Å². The van der Waals surface area contributed by atoms with E-state index >= 15 is 4.39 Å². The van der Waals surface area contributed by atoms with Crippen LogP contribution < -0.4 is 10.6 Å². The minimum absolute atomic E-state index is 0.0255. The molecule has 6 nitrogen and oxygen atoms in total. The molecule has 196 valence electrons. The fraction of sp³-hybridized carbons (Fsp3) is 0.179. The molecule has 1 unspecified atom stereocenters. The Morgan fingerprint density at radius 1 is 1.08 bits per heavy atom. The van der Waals surface area contributed by atoms with Gasteiger partial charge < -0.3 is 10.4 Å². The molecule has 0 aliphatic heterocycles. The molecule has 0 radical (unpaired) electrons. The van der Waals surface area contributed by atoms with Crippen molar-refractivity contribution in [2.24, 2.45) is 0 Å². The molecule has 2 aromatic carbocycles. The summed E-state index contributed by atoms with van der Waals surface area (Å²) in [6.45, 7) is 0.170. The van der Waals surface area contributed by atoms with Gasteiger partial charge in [-0.1, -0.05) is 53.5 Å². The minimum atomic E-state index is -1.20. The maximum absolute atomic E-state index is 15.0. The molecule has 1 aliphatic rings. The average molecular weight is 558 g/mol. The predicted molar refractivity (Wildman–Crippen MR) is 143 cm³/mol. The summed E-state index contributed by atoms with van der Waals surface area (Å²) in [4.78, 5) is 25.7. The summed E-state index contributed by atoms with van der Waals surface area (Å²) in [5, 5.41) is 14.8. The Morgan fingerprint density at radius 3 is 2.58 bits per heavy atom. The van der Waals surface area contributed by atoms with Crippen LogP contribution in [0.2, 0.25) is 5.02 Å². The molecule has 1 heterocycles. The van der Waals surface area contributed by atoms with Crippen molar-refractivity contribution in [1.29, 1.82) is 0 Å². The number of carboxylic acids is 1. The van der Waals surface area contributed by atoms with E-state index in [2.05, 4.69) is 15.6 Å². The van der Waals surface area contributed by atoms with Gasteiger partial charge in [0, 0.05) is 41.9 Å². The van der Waals surface area contributed by atoms with Crippen molar-refractivity contribution in [2.45, 2.75) is 24.4 Å². The van der Waals surface area contributed by atoms with Crippen molar-refractivity contribution < 1.29 is 23.5 Å². The summed E-state index contributed by atoms with van der Waals surface area (Å²) in [5.41, 5.74) is 2.92. The lowest BCUT2D eigenvalue weighted by Crippen LogP contribution is -2.38. The number of pyridine rings is 1. The summed E-state index contributed by atoms with van der Waals surface area (Å²) in [5.74, 6) is -2.39. The van der Waals surface area contributed by atoms with Crippen molar-refractivity contribution >= 4 is 40.7 Å². The topological polar surface area (TPSA) is 91.3 Å². The number of halogens is 4. The Balaban J connectivity index is 1.47. The van der Waals surface area contributed by atoms with E-state index < -0.39 is 28.5 Å². The summed E-state index contributed by atoms with van der Waals surface area (Å²) >= 11 is 12.7. The molecular weight excluding hydrogens is 535 g/mol. The molecule has 0 saturated carbocycles. The predicted octanol–water partition coefficient (Wildman–Crippen LogP) is 6.11. The van der Waals surface area contributed by atoms with Gasteiger partial charge in [0.15, 0.2) is 0 Å². The van der Waals surface area contributed by atoms with Gasteiger partial charge in [-0.2, -0.15) is 0 Å². The van der Waals surface area contributed by atoms with Gasteiger partial charge in [-0.25, -0.2) is 8.78 Å². The first-order chi connectivity index (χ1) is 18.1. The van der Waals surface area contributed by atoms with Crippen LogP contribution in [-0.4, -0.2) is 33.5 Å². The summed E-state index contributed by atoms with van der Waals surface area (Å²) in [7, 11) is 0. The third-order valence-corrected chi connectivity index (χ3v) is 6.56. The highest BCUT2D eigenvalue weighted by atomic mass is 35.5. The van der Waals surface area contributed by atoms with E-state index in [1.807, 2.05) is 0 Å². The lowest BCUT2D eigenvalue weighted by molar-refractivity contribution is -0.136. The highest BCUT2D eigenvalue weighted by molar-refractivity contribution is 6.30. The van der Waals surface area contributed by atoms with Gasteiger partial charge in [-0.15, -0.1) is 0 Å². The number of rotatable bonds is 9. The Labute approximate surface area is 228 Å². The molecule has 0 spiro atoms. The number of aliphatic carboxylic acids is 1. The minimum Gasteiger partial charge on any atom is -0.481 e. The second-order valence-corrected chi connectivity index (χ2v) is 9.80. The largest absolute Gasteiger partial charge is 0.481 e. The molecule has 38 heavy (non-hydrogen) atoms. The Morgan fingerprint density at radius 2 is 1.89 bits per heavy atom. The van der Waals surface area contributed by atoms with Crippen molar-refractivity contribution in [2.75, 3.05) is 6.54 Å². The van der Waals surface area contributed by atoms with Crippen LogP contribution in [0.3, 0.4) is 0 Å². The van der Waals surface area contributed by atoms with E-state index in [1.54, 1.807) is 48.6 Å². The molecule has 3 aromatic rings. The lowest BCUT2D eigenvalue weighted by Gasteiger charge is -2.29. The quantitative estimate of drug-likeness (QED) is 0.218. The zero-order valence-corrected chi connectivity index (χ0v) is 21.5. The number of alkyl halides is 1. The number of hydrogen-bond acceptors (Lipinski definition) is 4. The van der Waals surface area contributed by atoms with Crippen molar-refractivity contribution in [3.63, 3.8) is 0 Å². The highest BCUT2D eigenvalue weighted by Gasteiger charge is 2.30. The molecule has 0 fully saturated rings. The zero-order chi connectivity index (χ0) is 27.3. The van der Waals surface area contributed by atoms with Crippen LogP contribution in [0.5, 0.6) is 0 Å². The van der Waals surface area contributed by atoms with Gasteiger partial charge in [0.05, 0.1) is 6.42 Å². The molecule has 3 N–H and O–H groups in total. The number of benzene rings is 2. The summed E-state index contributed by atoms with van der Waals surface area (Å²) in [6.07, 6.45) is 4.41. The smallest absolute Gasteiger partial charge is 0.305 e. The zero-order valence-electron chi connectivity index (χ0n) is 20.0. The van der Waals surface area contributed by atoms with Gasteiger partial charge >= 0.3 is 5.97 Å². The van der Waals surface area contributed by atoms with Crippen molar-refractivity contribution in [3.05, 3.63) is 106 Å². The number of allylic oxidation sites excluding steroid dienone is 2. The van der Waals surface area contributed by atoms with E-state index in [0.29, 0.717) is 32.8 Å². The molecule has 4 rings (SSSR count). The van der Waals surface area contributed by atoms with Crippen LogP contribution in [0.25, 0.3) is 16.7 Å². The Kier molecular flexibility index (Phi) is 8.56. The number of carboxylic acid groups (broad SMARTS) is 1. The van der Waals surface area contributed by atoms with E-state index in [4.69, 9.17) is 28.3 Å². The normalized spacial score (nSPS) is 16.9. The number of nitrogens with one attached hydrogen (secondary N) is 2. The summed E-state index contributed by atoms with van der Waals surface area (Å²) < 4.78 is 29.2. The Hall–Kier alpha value is -3.59. The fourth-order valence-electron chi connectivity index (χ4n) is 3.99. The van der Waals surface area contributed by atoms with Crippen LogP contribution in [-0.2, 0) is 11.3 Å².